The number of amides is 1. The van der Waals surface area contributed by atoms with E-state index in [1.54, 1.807) is 13.1 Å². The average molecular weight is 475 g/mol. The lowest BCUT2D eigenvalue weighted by Crippen LogP contribution is -2.22. The Kier molecular flexibility index (Phi) is 8.20. The van der Waals surface area contributed by atoms with Gasteiger partial charge in [-0.15, -0.1) is 0 Å². The molecule has 0 aromatic heterocycles. The Bertz CT molecular complexity index is 1060. The summed E-state index contributed by atoms with van der Waals surface area (Å²) < 4.78 is 17.3. The molecule has 0 spiro atoms. The average Bonchev–Trinajstić information content (AvgIpc) is 3.00. The number of likely N-dealkylation sites (N-methyl/N-ethyl adjacent to an activating group) is 1. The van der Waals surface area contributed by atoms with E-state index in [-0.39, 0.29) is 18.2 Å². The number of thioether (sulfide) groups is 1. The Labute approximate surface area is 195 Å². The molecule has 0 radical (unpaired) electrons. The highest BCUT2D eigenvalue weighted by Gasteiger charge is 2.29. The summed E-state index contributed by atoms with van der Waals surface area (Å²) >= 11 is 6.27. The summed E-state index contributed by atoms with van der Waals surface area (Å²) in [4.78, 5) is 24.7. The number of aryl methyl sites for hydroxylation is 1. The Morgan fingerprint density at radius 3 is 2.53 bits per heavy atom. The number of nitrogens with zero attached hydrogens (tertiary/aromatic N) is 2. The summed E-state index contributed by atoms with van der Waals surface area (Å²) in [6.45, 7) is 3.34. The standard InChI is InChI=1S/C22H22N2O6S2/c1-15-4-3-5-18(12-15)29-10-8-28-9-11-30-19-7-6-17(24(26)27)13-16(19)14-20-21(25)23(2)22(31)32-20/h3-7,12-14H,8-11H2,1-2H3/b20-14+. The lowest BCUT2D eigenvalue weighted by Gasteiger charge is -2.11. The lowest BCUT2D eigenvalue weighted by atomic mass is 10.1. The highest BCUT2D eigenvalue weighted by molar-refractivity contribution is 8.26. The maximum absolute atomic E-state index is 12.3. The van der Waals surface area contributed by atoms with Crippen molar-refractivity contribution >= 4 is 46.0 Å². The molecule has 2 aromatic rings. The molecular weight excluding hydrogens is 452 g/mol. The zero-order chi connectivity index (χ0) is 23.1. The van der Waals surface area contributed by atoms with Gasteiger partial charge in [-0.25, -0.2) is 0 Å². The van der Waals surface area contributed by atoms with Gasteiger partial charge in [-0.1, -0.05) is 36.1 Å². The van der Waals surface area contributed by atoms with Crippen LogP contribution < -0.4 is 9.47 Å². The van der Waals surface area contributed by atoms with Gasteiger partial charge < -0.3 is 14.2 Å². The smallest absolute Gasteiger partial charge is 0.270 e. The number of hydrogen-bond acceptors (Lipinski definition) is 8. The van der Waals surface area contributed by atoms with Crippen LogP contribution in [0.4, 0.5) is 5.69 Å². The van der Waals surface area contributed by atoms with Gasteiger partial charge in [0.05, 0.1) is 23.0 Å². The number of carbonyl (C=O) groups excluding carboxylic acids is 1. The van der Waals surface area contributed by atoms with Gasteiger partial charge in [-0.05, 0) is 36.8 Å². The normalized spacial score (nSPS) is 14.8. The van der Waals surface area contributed by atoms with Gasteiger partial charge in [0.2, 0.25) is 0 Å². The van der Waals surface area contributed by atoms with Gasteiger partial charge in [0.25, 0.3) is 11.6 Å². The third-order valence-corrected chi connectivity index (χ3v) is 5.93. The number of nitro groups is 1. The van der Waals surface area contributed by atoms with Crippen molar-refractivity contribution < 1.29 is 23.9 Å². The number of hydrogen-bond donors (Lipinski definition) is 0. The first-order chi connectivity index (χ1) is 15.3. The molecule has 0 bridgehead atoms. The summed E-state index contributed by atoms with van der Waals surface area (Å²) in [5, 5.41) is 11.2. The number of non-ortho nitro benzene ring substituents is 1. The number of nitro benzene ring substituents is 1. The lowest BCUT2D eigenvalue weighted by molar-refractivity contribution is -0.384. The van der Waals surface area contributed by atoms with Gasteiger partial charge in [-0.2, -0.15) is 0 Å². The molecule has 10 heteroatoms. The molecule has 1 saturated heterocycles. The minimum absolute atomic E-state index is 0.0971. The van der Waals surface area contributed by atoms with Crippen LogP contribution in [-0.4, -0.2) is 53.5 Å². The molecule has 168 valence electrons. The van der Waals surface area contributed by atoms with Crippen LogP contribution in [0.1, 0.15) is 11.1 Å². The summed E-state index contributed by atoms with van der Waals surface area (Å²) in [7, 11) is 1.59. The minimum atomic E-state index is -0.497. The second-order valence-corrected chi connectivity index (χ2v) is 8.52. The van der Waals surface area contributed by atoms with Crippen LogP contribution in [0.15, 0.2) is 47.4 Å². The Morgan fingerprint density at radius 1 is 1.12 bits per heavy atom. The first-order valence-corrected chi connectivity index (χ1v) is 11.0. The van der Waals surface area contributed by atoms with E-state index in [4.69, 9.17) is 26.4 Å². The van der Waals surface area contributed by atoms with E-state index in [1.165, 1.54) is 23.1 Å². The van der Waals surface area contributed by atoms with Crippen LogP contribution in [0.5, 0.6) is 11.5 Å². The van der Waals surface area contributed by atoms with Gasteiger partial charge in [0.1, 0.15) is 29.0 Å². The number of thiocarbonyl (C=S) groups is 1. The fourth-order valence-electron chi connectivity index (χ4n) is 2.82. The van der Waals surface area contributed by atoms with Crippen LogP contribution in [0.3, 0.4) is 0 Å². The zero-order valence-corrected chi connectivity index (χ0v) is 19.2. The van der Waals surface area contributed by atoms with E-state index in [1.807, 2.05) is 31.2 Å². The van der Waals surface area contributed by atoms with Gasteiger partial charge in [0.15, 0.2) is 0 Å². The first-order valence-electron chi connectivity index (χ1n) is 9.75. The molecule has 3 rings (SSSR count). The molecular formula is C22H22N2O6S2. The summed E-state index contributed by atoms with van der Waals surface area (Å²) in [5.74, 6) is 0.948. The molecule has 0 unspecified atom stereocenters. The molecule has 1 heterocycles. The van der Waals surface area contributed by atoms with Gasteiger partial charge in [-0.3, -0.25) is 19.8 Å². The van der Waals surface area contributed by atoms with Crippen molar-refractivity contribution in [3.8, 4) is 11.5 Å². The third-order valence-electron chi connectivity index (χ3n) is 4.45. The van der Waals surface area contributed by atoms with Crippen molar-refractivity contribution in [1.29, 1.82) is 0 Å². The highest BCUT2D eigenvalue weighted by Crippen LogP contribution is 2.34. The predicted octanol–water partition coefficient (Wildman–Crippen LogP) is 4.21. The van der Waals surface area contributed by atoms with Crippen molar-refractivity contribution in [1.82, 2.24) is 4.90 Å². The Hall–Kier alpha value is -2.95. The quantitative estimate of drug-likeness (QED) is 0.166. The van der Waals surface area contributed by atoms with Gasteiger partial charge in [0, 0.05) is 24.7 Å². The number of carbonyl (C=O) groups is 1. The Morgan fingerprint density at radius 2 is 1.88 bits per heavy atom. The number of ether oxygens (including phenoxy) is 3. The SMILES string of the molecule is Cc1cccc(OCCOCCOc2ccc([N+](=O)[O-])cc2/C=C2/SC(=S)N(C)C2=O)c1. The van der Waals surface area contributed by atoms with E-state index < -0.39 is 4.92 Å². The second-order valence-electron chi connectivity index (χ2n) is 6.85. The molecule has 1 fully saturated rings. The van der Waals surface area contributed by atoms with E-state index in [0.29, 0.717) is 40.4 Å². The van der Waals surface area contributed by atoms with Crippen molar-refractivity contribution in [3.05, 3.63) is 68.6 Å². The van der Waals surface area contributed by atoms with Crippen molar-refractivity contribution in [2.45, 2.75) is 6.92 Å². The second kappa shape index (κ2) is 11.1. The number of benzene rings is 2. The fourth-order valence-corrected chi connectivity index (χ4v) is 3.99. The molecule has 32 heavy (non-hydrogen) atoms. The summed E-state index contributed by atoms with van der Waals surface area (Å²) in [5.41, 5.74) is 1.45. The van der Waals surface area contributed by atoms with Crippen molar-refractivity contribution in [3.63, 3.8) is 0 Å². The molecule has 1 aliphatic rings. The van der Waals surface area contributed by atoms with Crippen LogP contribution >= 0.6 is 24.0 Å². The fraction of sp³-hybridized carbons (Fsp3) is 0.273. The molecule has 1 amide bonds. The van der Waals surface area contributed by atoms with Gasteiger partial charge >= 0.3 is 0 Å². The topological polar surface area (TPSA) is 91.1 Å². The van der Waals surface area contributed by atoms with Crippen LogP contribution in [0.25, 0.3) is 6.08 Å². The monoisotopic (exact) mass is 474 g/mol. The van der Waals surface area contributed by atoms with E-state index in [0.717, 1.165) is 23.1 Å². The largest absolute Gasteiger partial charge is 0.491 e. The summed E-state index contributed by atoms with van der Waals surface area (Å²) in [6.07, 6.45) is 1.56. The first kappa shape index (κ1) is 23.7. The van der Waals surface area contributed by atoms with Crippen LogP contribution in [0, 0.1) is 17.0 Å². The maximum Gasteiger partial charge on any atom is 0.270 e. The maximum atomic E-state index is 12.3. The number of rotatable bonds is 10. The van der Waals surface area contributed by atoms with Crippen molar-refractivity contribution in [2.24, 2.45) is 0 Å². The molecule has 0 saturated carbocycles. The molecule has 0 atom stereocenters. The van der Waals surface area contributed by atoms with Crippen LogP contribution in [-0.2, 0) is 9.53 Å². The van der Waals surface area contributed by atoms with Crippen LogP contribution in [0.2, 0.25) is 0 Å². The van der Waals surface area contributed by atoms with Crippen molar-refractivity contribution in [2.75, 3.05) is 33.5 Å². The van der Waals surface area contributed by atoms with E-state index >= 15 is 0 Å². The predicted molar refractivity (Wildman–Crippen MR) is 127 cm³/mol. The highest BCUT2D eigenvalue weighted by atomic mass is 32.2. The van der Waals surface area contributed by atoms with E-state index in [2.05, 4.69) is 0 Å². The molecule has 8 nitrogen and oxygen atoms in total. The molecule has 1 aliphatic heterocycles. The zero-order valence-electron chi connectivity index (χ0n) is 17.6. The van der Waals surface area contributed by atoms with E-state index in [9.17, 15) is 14.9 Å². The molecule has 0 aliphatic carbocycles. The minimum Gasteiger partial charge on any atom is -0.491 e. The third kappa shape index (κ3) is 6.28. The molecule has 0 N–H and O–H groups in total. The molecule has 2 aromatic carbocycles. The summed E-state index contributed by atoms with van der Waals surface area (Å²) in [6, 6.07) is 12.0. The Balaban J connectivity index is 1.55.